The summed E-state index contributed by atoms with van der Waals surface area (Å²) in [6.45, 7) is 3.52. The van der Waals surface area contributed by atoms with E-state index in [1.807, 2.05) is 12.1 Å². The largest absolute Gasteiger partial charge is 0.358 e. The average Bonchev–Trinajstić information content (AvgIpc) is 2.85. The second-order valence-electron chi connectivity index (χ2n) is 6.06. The van der Waals surface area contributed by atoms with Crippen molar-refractivity contribution in [3.8, 4) is 0 Å². The molecule has 0 saturated carbocycles. The molecule has 21 heavy (non-hydrogen) atoms. The summed E-state index contributed by atoms with van der Waals surface area (Å²) in [6, 6.07) is 6.00. The van der Waals surface area contributed by atoms with Gasteiger partial charge in [0.05, 0.1) is 11.1 Å². The van der Waals surface area contributed by atoms with E-state index < -0.39 is 0 Å². The molecule has 4 heteroatoms. The van der Waals surface area contributed by atoms with Gasteiger partial charge < -0.3 is 16.0 Å². The highest BCUT2D eigenvalue weighted by Crippen LogP contribution is 2.32. The number of benzene rings is 1. The number of nitrogens with one attached hydrogen (secondary N) is 2. The highest BCUT2D eigenvalue weighted by molar-refractivity contribution is 6.06. The third-order valence-electron chi connectivity index (χ3n) is 4.38. The number of nitrogens with two attached hydrogens (primary N) is 1. The number of aromatic amines is 1. The number of para-hydroxylation sites is 1. The molecule has 112 valence electrons. The first kappa shape index (κ1) is 14.1. The molecule has 1 aliphatic rings. The Labute approximate surface area is 125 Å². The van der Waals surface area contributed by atoms with Gasteiger partial charge in [-0.2, -0.15) is 0 Å². The molecule has 4 nitrogen and oxygen atoms in total. The number of carbonyl (C=O) groups is 1. The van der Waals surface area contributed by atoms with E-state index in [0.29, 0.717) is 13.1 Å². The van der Waals surface area contributed by atoms with Crippen LogP contribution in [0, 0.1) is 5.92 Å². The minimum absolute atomic E-state index is 0.0132. The van der Waals surface area contributed by atoms with Crippen LogP contribution in [0.5, 0.6) is 0 Å². The smallest absolute Gasteiger partial charge is 0.253 e. The van der Waals surface area contributed by atoms with Crippen molar-refractivity contribution in [2.45, 2.75) is 32.6 Å². The third-order valence-corrected chi connectivity index (χ3v) is 4.38. The van der Waals surface area contributed by atoms with Gasteiger partial charge in [0.2, 0.25) is 0 Å². The fourth-order valence-electron chi connectivity index (χ4n) is 3.20. The van der Waals surface area contributed by atoms with E-state index in [0.717, 1.165) is 36.3 Å². The molecule has 0 radical (unpaired) electrons. The number of fused-ring (bicyclic) bond motifs is 3. The summed E-state index contributed by atoms with van der Waals surface area (Å²) >= 11 is 0. The molecule has 0 fully saturated rings. The van der Waals surface area contributed by atoms with Crippen molar-refractivity contribution in [1.82, 2.24) is 10.3 Å². The molecule has 0 spiro atoms. The number of rotatable bonds is 4. The Hall–Kier alpha value is -1.81. The Kier molecular flexibility index (Phi) is 3.97. The predicted molar refractivity (Wildman–Crippen MR) is 85.5 cm³/mol. The molecule has 3 rings (SSSR count). The van der Waals surface area contributed by atoms with Gasteiger partial charge in [0, 0.05) is 17.6 Å². The van der Waals surface area contributed by atoms with E-state index in [4.69, 9.17) is 5.73 Å². The van der Waals surface area contributed by atoms with Crippen LogP contribution in [0.25, 0.3) is 10.9 Å². The minimum Gasteiger partial charge on any atom is -0.358 e. The number of H-pyrrole nitrogens is 1. The van der Waals surface area contributed by atoms with Gasteiger partial charge in [-0.25, -0.2) is 0 Å². The van der Waals surface area contributed by atoms with Gasteiger partial charge in [-0.3, -0.25) is 4.79 Å². The number of aryl methyl sites for hydroxylation is 1. The first-order valence-corrected chi connectivity index (χ1v) is 7.81. The molecule has 1 amide bonds. The number of aromatic nitrogens is 1. The summed E-state index contributed by atoms with van der Waals surface area (Å²) in [5.74, 6) is 0.708. The van der Waals surface area contributed by atoms with Crippen LogP contribution in [0.1, 0.15) is 41.4 Å². The lowest BCUT2D eigenvalue weighted by Crippen LogP contribution is -2.26. The molecule has 0 aliphatic heterocycles. The van der Waals surface area contributed by atoms with Crippen molar-refractivity contribution in [1.29, 1.82) is 0 Å². The SMILES string of the molecule is CC1CCc2[nH]c3c(C(=O)NCCCN)cccc3c2C1. The van der Waals surface area contributed by atoms with E-state index in [1.54, 1.807) is 0 Å². The summed E-state index contributed by atoms with van der Waals surface area (Å²) in [4.78, 5) is 15.8. The predicted octanol–water partition coefficient (Wildman–Crippen LogP) is 2.37. The van der Waals surface area contributed by atoms with Crippen molar-refractivity contribution < 1.29 is 4.79 Å². The highest BCUT2D eigenvalue weighted by Gasteiger charge is 2.22. The van der Waals surface area contributed by atoms with Crippen LogP contribution in [0.2, 0.25) is 0 Å². The summed E-state index contributed by atoms with van der Waals surface area (Å²) in [5.41, 5.74) is 9.91. The van der Waals surface area contributed by atoms with E-state index >= 15 is 0 Å². The van der Waals surface area contributed by atoms with Crippen molar-refractivity contribution in [2.24, 2.45) is 11.7 Å². The molecule has 1 unspecified atom stereocenters. The maximum absolute atomic E-state index is 12.3. The third kappa shape index (κ3) is 2.68. The fraction of sp³-hybridized carbons (Fsp3) is 0.471. The molecule has 4 N–H and O–H groups in total. The monoisotopic (exact) mass is 285 g/mol. The van der Waals surface area contributed by atoms with E-state index in [-0.39, 0.29) is 5.91 Å². The van der Waals surface area contributed by atoms with Gasteiger partial charge >= 0.3 is 0 Å². The molecule has 1 atom stereocenters. The normalized spacial score (nSPS) is 17.7. The highest BCUT2D eigenvalue weighted by atomic mass is 16.1. The number of hydrogen-bond donors (Lipinski definition) is 3. The number of amides is 1. The molecule has 1 aromatic heterocycles. The van der Waals surface area contributed by atoms with Crippen LogP contribution >= 0.6 is 0 Å². The summed E-state index contributed by atoms with van der Waals surface area (Å²) in [6.07, 6.45) is 4.21. The van der Waals surface area contributed by atoms with Crippen LogP contribution in [0.4, 0.5) is 0 Å². The quantitative estimate of drug-likeness (QED) is 0.755. The van der Waals surface area contributed by atoms with E-state index in [9.17, 15) is 4.79 Å². The van der Waals surface area contributed by atoms with Gasteiger partial charge in [-0.05, 0) is 49.8 Å². The van der Waals surface area contributed by atoms with Crippen LogP contribution in [-0.2, 0) is 12.8 Å². The van der Waals surface area contributed by atoms with Crippen LogP contribution < -0.4 is 11.1 Å². The Morgan fingerprint density at radius 1 is 1.48 bits per heavy atom. The van der Waals surface area contributed by atoms with Gasteiger partial charge in [-0.15, -0.1) is 0 Å². The average molecular weight is 285 g/mol. The molecule has 1 heterocycles. The number of carbonyl (C=O) groups excluding carboxylic acids is 1. The molecule has 2 aromatic rings. The van der Waals surface area contributed by atoms with E-state index in [2.05, 4.69) is 23.3 Å². The van der Waals surface area contributed by atoms with E-state index in [1.165, 1.54) is 23.1 Å². The van der Waals surface area contributed by atoms with Crippen LogP contribution in [0.15, 0.2) is 18.2 Å². The maximum atomic E-state index is 12.3. The lowest BCUT2D eigenvalue weighted by Gasteiger charge is -2.17. The summed E-state index contributed by atoms with van der Waals surface area (Å²) in [5, 5.41) is 4.15. The van der Waals surface area contributed by atoms with Gasteiger partial charge in [-0.1, -0.05) is 19.1 Å². The first-order chi connectivity index (χ1) is 10.2. The van der Waals surface area contributed by atoms with Gasteiger partial charge in [0.1, 0.15) is 0 Å². The van der Waals surface area contributed by atoms with Crippen molar-refractivity contribution in [3.63, 3.8) is 0 Å². The van der Waals surface area contributed by atoms with Crippen molar-refractivity contribution in [3.05, 3.63) is 35.0 Å². The Morgan fingerprint density at radius 2 is 2.33 bits per heavy atom. The molecule has 1 aromatic carbocycles. The standard InChI is InChI=1S/C17H23N3O/c1-11-6-7-15-14(10-11)12-4-2-5-13(16(12)20-15)17(21)19-9-3-8-18/h2,4-5,11,20H,3,6-10,18H2,1H3,(H,19,21). The van der Waals surface area contributed by atoms with Crippen LogP contribution in [0.3, 0.4) is 0 Å². The molecule has 1 aliphatic carbocycles. The second kappa shape index (κ2) is 5.90. The Morgan fingerprint density at radius 3 is 3.14 bits per heavy atom. The maximum Gasteiger partial charge on any atom is 0.253 e. The zero-order valence-corrected chi connectivity index (χ0v) is 12.5. The number of hydrogen-bond acceptors (Lipinski definition) is 2. The lowest BCUT2D eigenvalue weighted by molar-refractivity contribution is 0.0955. The molecule has 0 saturated heterocycles. The second-order valence-corrected chi connectivity index (χ2v) is 6.06. The zero-order chi connectivity index (χ0) is 14.8. The van der Waals surface area contributed by atoms with Crippen LogP contribution in [-0.4, -0.2) is 24.0 Å². The van der Waals surface area contributed by atoms with Crippen molar-refractivity contribution in [2.75, 3.05) is 13.1 Å². The van der Waals surface area contributed by atoms with Crippen molar-refractivity contribution >= 4 is 16.8 Å². The molecular formula is C17H23N3O. The fourth-order valence-corrected chi connectivity index (χ4v) is 3.20. The lowest BCUT2D eigenvalue weighted by atomic mass is 9.87. The topological polar surface area (TPSA) is 70.9 Å². The summed E-state index contributed by atoms with van der Waals surface area (Å²) in [7, 11) is 0. The molecular weight excluding hydrogens is 262 g/mol. The first-order valence-electron chi connectivity index (χ1n) is 7.81. The minimum atomic E-state index is -0.0132. The Balaban J connectivity index is 1.95. The molecule has 0 bridgehead atoms. The van der Waals surface area contributed by atoms with Gasteiger partial charge in [0.15, 0.2) is 0 Å². The summed E-state index contributed by atoms with van der Waals surface area (Å²) < 4.78 is 0. The zero-order valence-electron chi connectivity index (χ0n) is 12.5. The Bertz CT molecular complexity index is 659. The van der Waals surface area contributed by atoms with Gasteiger partial charge in [0.25, 0.3) is 5.91 Å².